The first-order valence-corrected chi connectivity index (χ1v) is 8.64. The Morgan fingerprint density at radius 1 is 0.545 bits per heavy atom. The van der Waals surface area contributed by atoms with Crippen molar-refractivity contribution in [1.29, 1.82) is 0 Å². The average Bonchev–Trinajstić information content (AvgIpc) is 2.27. The molecule has 0 aliphatic rings. The number of rotatable bonds is 0. The number of phenolic OH excluding ortho intramolecular Hbond substituents is 2. The van der Waals surface area contributed by atoms with Crippen molar-refractivity contribution in [1.82, 2.24) is 0 Å². The molecule has 0 fully saturated rings. The highest BCUT2D eigenvalue weighted by molar-refractivity contribution is 7.45. The fourth-order valence-electron chi connectivity index (χ4n) is 1.27. The van der Waals surface area contributed by atoms with Gasteiger partial charge in [-0.15, -0.1) is 0 Å². The highest BCUT2D eigenvalue weighted by Crippen LogP contribution is 2.35. The van der Waals surface area contributed by atoms with Gasteiger partial charge in [-0.2, -0.15) is 0 Å². The van der Waals surface area contributed by atoms with Crippen molar-refractivity contribution < 1.29 is 48.7 Å². The van der Waals surface area contributed by atoms with Gasteiger partial charge in [0.15, 0.2) is 0 Å². The molecule has 12 heteroatoms. The van der Waals surface area contributed by atoms with Crippen LogP contribution in [0.5, 0.6) is 11.5 Å². The largest absolute Gasteiger partial charge is 0.507 e. The molecule has 130 valence electrons. The lowest BCUT2D eigenvalue weighted by atomic mass is 9.99. The number of phosphoric acid groups is 2. The lowest BCUT2D eigenvalue weighted by Crippen LogP contribution is -1.91. The van der Waals surface area contributed by atoms with Crippen LogP contribution in [0.3, 0.4) is 0 Å². The number of benzene rings is 1. The van der Waals surface area contributed by atoms with Crippen molar-refractivity contribution >= 4 is 15.6 Å². The van der Waals surface area contributed by atoms with Gasteiger partial charge in [-0.3, -0.25) is 0 Å². The summed E-state index contributed by atoms with van der Waals surface area (Å²) in [5.74, 6) is 0.589. The number of aromatic hydroxyl groups is 2. The number of phenols is 2. The van der Waals surface area contributed by atoms with Crippen molar-refractivity contribution in [3.05, 3.63) is 22.3 Å². The molecule has 0 aromatic heterocycles. The van der Waals surface area contributed by atoms with Crippen molar-refractivity contribution in [2.75, 3.05) is 0 Å². The van der Waals surface area contributed by atoms with Crippen LogP contribution >= 0.6 is 15.6 Å². The number of hydrogen-bond donors (Lipinski definition) is 8. The van der Waals surface area contributed by atoms with Crippen LogP contribution in [-0.4, -0.2) is 39.6 Å². The maximum atomic E-state index is 9.58. The highest BCUT2D eigenvalue weighted by atomic mass is 31.2. The van der Waals surface area contributed by atoms with E-state index in [-0.39, 0.29) is 0 Å². The molecule has 8 N–H and O–H groups in total. The zero-order valence-electron chi connectivity index (χ0n) is 12.3. The molecule has 0 bridgehead atoms. The summed E-state index contributed by atoms with van der Waals surface area (Å²) >= 11 is 0. The molecule has 0 atom stereocenters. The second-order valence-corrected chi connectivity index (χ2v) is 6.28. The molecule has 1 aromatic rings. The van der Waals surface area contributed by atoms with E-state index >= 15 is 0 Å². The Balaban J connectivity index is 0. The Labute approximate surface area is 126 Å². The highest BCUT2D eigenvalue weighted by Gasteiger charge is 2.12. The van der Waals surface area contributed by atoms with Gasteiger partial charge >= 0.3 is 15.6 Å². The van der Waals surface area contributed by atoms with Gasteiger partial charge in [-0.05, 0) is 49.9 Å². The molecule has 10 nitrogen and oxygen atoms in total. The van der Waals surface area contributed by atoms with Crippen molar-refractivity contribution in [3.8, 4) is 11.5 Å². The SMILES string of the molecule is Cc1c(C)c(O)c(C)c(C)c1O.O=P(O)(O)O.O=P(O)(O)O. The Kier molecular flexibility index (Phi) is 9.13. The first-order chi connectivity index (χ1) is 9.46. The minimum Gasteiger partial charge on any atom is -0.507 e. The van der Waals surface area contributed by atoms with E-state index in [2.05, 4.69) is 0 Å². The molecule has 1 aromatic carbocycles. The van der Waals surface area contributed by atoms with Gasteiger partial charge in [0.05, 0.1) is 0 Å². The molecule has 0 spiro atoms. The summed E-state index contributed by atoms with van der Waals surface area (Å²) in [7, 11) is -9.28. The molecule has 0 radical (unpaired) electrons. The minimum atomic E-state index is -4.64. The summed E-state index contributed by atoms with van der Waals surface area (Å²) in [6.07, 6.45) is 0. The molecule has 0 amide bonds. The molecule has 0 saturated carbocycles. The predicted molar refractivity (Wildman–Crippen MR) is 77.2 cm³/mol. The molecule has 0 aliphatic heterocycles. The third-order valence-corrected chi connectivity index (χ3v) is 2.55. The van der Waals surface area contributed by atoms with Crippen molar-refractivity contribution in [2.45, 2.75) is 27.7 Å². The van der Waals surface area contributed by atoms with Crippen LogP contribution in [0.4, 0.5) is 0 Å². The standard InChI is InChI=1S/C10H14O2.2H3O4P/c1-5-6(2)10(12)8(4)7(3)9(5)11;2*1-5(2,3)4/h11-12H,1-4H3;2*(H3,1,2,3,4). The Morgan fingerprint density at radius 3 is 0.727 bits per heavy atom. The lowest BCUT2D eigenvalue weighted by molar-refractivity contribution is 0.272. The quantitative estimate of drug-likeness (QED) is 0.237. The molecular weight excluding hydrogens is 342 g/mol. The van der Waals surface area contributed by atoms with Gasteiger partial charge in [0, 0.05) is 0 Å². The van der Waals surface area contributed by atoms with E-state index < -0.39 is 15.6 Å². The predicted octanol–water partition coefficient (Wildman–Crippen LogP) is 0.474. The number of hydrogen-bond acceptors (Lipinski definition) is 4. The smallest absolute Gasteiger partial charge is 0.466 e. The van der Waals surface area contributed by atoms with E-state index in [0.717, 1.165) is 22.3 Å². The maximum absolute atomic E-state index is 9.58. The summed E-state index contributed by atoms with van der Waals surface area (Å²) in [6, 6.07) is 0. The normalized spacial score (nSPS) is 11.0. The summed E-state index contributed by atoms with van der Waals surface area (Å²) in [5.41, 5.74) is 3.04. The fraction of sp³-hybridized carbons (Fsp3) is 0.400. The average molecular weight is 362 g/mol. The van der Waals surface area contributed by atoms with Gasteiger partial charge in [-0.25, -0.2) is 9.13 Å². The van der Waals surface area contributed by atoms with Crippen LogP contribution in [0.15, 0.2) is 0 Å². The fourth-order valence-corrected chi connectivity index (χ4v) is 1.27. The molecule has 0 unspecified atom stereocenters. The van der Waals surface area contributed by atoms with Gasteiger partial charge in [0.25, 0.3) is 0 Å². The van der Waals surface area contributed by atoms with Crippen LogP contribution in [0.2, 0.25) is 0 Å². The van der Waals surface area contributed by atoms with Crippen LogP contribution in [0.1, 0.15) is 22.3 Å². The van der Waals surface area contributed by atoms with E-state index in [0.29, 0.717) is 11.5 Å². The lowest BCUT2D eigenvalue weighted by Gasteiger charge is -2.12. The van der Waals surface area contributed by atoms with E-state index in [1.807, 2.05) is 0 Å². The van der Waals surface area contributed by atoms with Gasteiger partial charge < -0.3 is 39.6 Å². The molecule has 0 heterocycles. The van der Waals surface area contributed by atoms with Crippen molar-refractivity contribution in [2.24, 2.45) is 0 Å². The van der Waals surface area contributed by atoms with Crippen LogP contribution in [-0.2, 0) is 9.13 Å². The summed E-state index contributed by atoms with van der Waals surface area (Å²) < 4.78 is 17.8. The molecular formula is C10H20O10P2. The van der Waals surface area contributed by atoms with Crippen LogP contribution < -0.4 is 0 Å². The van der Waals surface area contributed by atoms with Crippen molar-refractivity contribution in [3.63, 3.8) is 0 Å². The second-order valence-electron chi connectivity index (χ2n) is 4.22. The van der Waals surface area contributed by atoms with Gasteiger partial charge in [0.2, 0.25) is 0 Å². The third-order valence-electron chi connectivity index (χ3n) is 2.55. The summed E-state index contributed by atoms with van der Waals surface area (Å²) in [6.45, 7) is 7.21. The zero-order valence-corrected chi connectivity index (χ0v) is 14.1. The summed E-state index contributed by atoms with van der Waals surface area (Å²) in [5, 5.41) is 19.2. The van der Waals surface area contributed by atoms with E-state index in [9.17, 15) is 10.2 Å². The monoisotopic (exact) mass is 362 g/mol. The Hall–Kier alpha value is -0.960. The maximum Gasteiger partial charge on any atom is 0.466 e. The van der Waals surface area contributed by atoms with Gasteiger partial charge in [-0.1, -0.05) is 0 Å². The Bertz CT molecular complexity index is 459. The zero-order chi connectivity index (χ0) is 18.5. The second kappa shape index (κ2) is 8.61. The third kappa shape index (κ3) is 11.7. The summed E-state index contributed by atoms with van der Waals surface area (Å²) in [4.78, 5) is 43.1. The van der Waals surface area contributed by atoms with Gasteiger partial charge in [0.1, 0.15) is 11.5 Å². The molecule has 1 rings (SSSR count). The first kappa shape index (κ1) is 23.3. The van der Waals surface area contributed by atoms with E-state index in [4.69, 9.17) is 38.5 Å². The van der Waals surface area contributed by atoms with Crippen LogP contribution in [0, 0.1) is 27.7 Å². The first-order valence-electron chi connectivity index (χ1n) is 5.51. The van der Waals surface area contributed by atoms with E-state index in [1.54, 1.807) is 27.7 Å². The van der Waals surface area contributed by atoms with E-state index in [1.165, 1.54) is 0 Å². The molecule has 0 saturated heterocycles. The minimum absolute atomic E-state index is 0.294. The van der Waals surface area contributed by atoms with Crippen LogP contribution in [0.25, 0.3) is 0 Å². The Morgan fingerprint density at radius 2 is 0.636 bits per heavy atom. The topological polar surface area (TPSA) is 196 Å². The molecule has 22 heavy (non-hydrogen) atoms. The molecule has 0 aliphatic carbocycles.